The van der Waals surface area contributed by atoms with Crippen molar-refractivity contribution in [3.63, 3.8) is 0 Å². The summed E-state index contributed by atoms with van der Waals surface area (Å²) in [6.45, 7) is 0.875. The van der Waals surface area contributed by atoms with Crippen molar-refractivity contribution >= 4 is 27.8 Å². The van der Waals surface area contributed by atoms with Crippen LogP contribution < -0.4 is 0 Å². The Hall–Kier alpha value is -1.40. The number of benzene rings is 1. The van der Waals surface area contributed by atoms with E-state index in [4.69, 9.17) is 4.74 Å². The lowest BCUT2D eigenvalue weighted by Crippen LogP contribution is -2.50. The predicted octanol–water partition coefficient (Wildman–Crippen LogP) is 2.21. The number of carboxylic acids is 1. The number of rotatable bonds is 5. The van der Waals surface area contributed by atoms with E-state index in [2.05, 4.69) is 15.9 Å². The number of carbonyl (C=O) groups excluding carboxylic acids is 1. The minimum atomic E-state index is -0.975. The van der Waals surface area contributed by atoms with Crippen molar-refractivity contribution in [2.24, 2.45) is 5.92 Å². The number of nitrogens with zero attached hydrogens (tertiary/aromatic N) is 1. The topological polar surface area (TPSA) is 66.8 Å². The second kappa shape index (κ2) is 6.38. The van der Waals surface area contributed by atoms with Gasteiger partial charge in [0.2, 0.25) is 5.91 Å². The normalized spacial score (nSPS) is 20.6. The molecule has 118 valence electrons. The monoisotopic (exact) mass is 367 g/mol. The maximum absolute atomic E-state index is 12.3. The van der Waals surface area contributed by atoms with Crippen LogP contribution in [0.5, 0.6) is 0 Å². The van der Waals surface area contributed by atoms with Crippen LogP contribution in [-0.2, 0) is 27.3 Å². The number of aliphatic carboxylic acids is 1. The Morgan fingerprint density at radius 2 is 2.14 bits per heavy atom. The Morgan fingerprint density at radius 1 is 1.36 bits per heavy atom. The smallest absolute Gasteiger partial charge is 0.326 e. The molecular weight excluding hydrogens is 350 g/mol. The third-order valence-corrected chi connectivity index (χ3v) is 4.95. The number of hydrogen-bond acceptors (Lipinski definition) is 3. The summed E-state index contributed by atoms with van der Waals surface area (Å²) in [4.78, 5) is 25.3. The molecule has 0 bridgehead atoms. The lowest BCUT2D eigenvalue weighted by atomic mass is 9.94. The number of fused-ring (bicyclic) bond motifs is 1. The van der Waals surface area contributed by atoms with Gasteiger partial charge in [-0.15, -0.1) is 0 Å². The number of amides is 1. The van der Waals surface area contributed by atoms with Gasteiger partial charge in [-0.3, -0.25) is 4.79 Å². The number of halogens is 1. The highest BCUT2D eigenvalue weighted by Gasteiger charge is 2.35. The van der Waals surface area contributed by atoms with Gasteiger partial charge in [0.15, 0.2) is 0 Å². The third kappa shape index (κ3) is 3.33. The maximum Gasteiger partial charge on any atom is 0.326 e. The van der Waals surface area contributed by atoms with E-state index in [0.29, 0.717) is 25.5 Å². The molecular formula is C16H18BrNO4. The van der Waals surface area contributed by atoms with Crippen LogP contribution in [0.1, 0.15) is 24.0 Å². The molecule has 1 N–H and O–H groups in total. The molecule has 2 aliphatic rings. The predicted molar refractivity (Wildman–Crippen MR) is 83.4 cm³/mol. The Morgan fingerprint density at radius 3 is 2.82 bits per heavy atom. The summed E-state index contributed by atoms with van der Waals surface area (Å²) in [5.41, 5.74) is 1.96. The SMILES string of the molecule is O=C(O)C1Cc2c(Br)cccc2CN1C(=O)COCC1CC1. The van der Waals surface area contributed by atoms with Gasteiger partial charge in [-0.25, -0.2) is 4.79 Å². The van der Waals surface area contributed by atoms with Gasteiger partial charge in [0.1, 0.15) is 12.6 Å². The lowest BCUT2D eigenvalue weighted by molar-refractivity contribution is -0.153. The summed E-state index contributed by atoms with van der Waals surface area (Å²) < 4.78 is 6.32. The van der Waals surface area contributed by atoms with E-state index < -0.39 is 12.0 Å². The van der Waals surface area contributed by atoms with Gasteiger partial charge in [0, 0.05) is 17.4 Å². The molecule has 0 spiro atoms. The van der Waals surface area contributed by atoms with E-state index in [-0.39, 0.29) is 12.5 Å². The molecule has 6 heteroatoms. The molecule has 5 nitrogen and oxygen atoms in total. The molecule has 1 unspecified atom stereocenters. The molecule has 0 aromatic heterocycles. The zero-order valence-corrected chi connectivity index (χ0v) is 13.7. The molecule has 1 saturated carbocycles. The van der Waals surface area contributed by atoms with Gasteiger partial charge in [0.05, 0.1) is 6.61 Å². The summed E-state index contributed by atoms with van der Waals surface area (Å²) in [5.74, 6) is -0.642. The van der Waals surface area contributed by atoms with Crippen molar-refractivity contribution in [1.82, 2.24) is 4.90 Å². The molecule has 3 rings (SSSR count). The number of hydrogen-bond donors (Lipinski definition) is 1. The van der Waals surface area contributed by atoms with E-state index in [0.717, 1.165) is 28.4 Å². The fraction of sp³-hybridized carbons (Fsp3) is 0.500. The summed E-state index contributed by atoms with van der Waals surface area (Å²) in [6.07, 6.45) is 2.65. The average Bonchev–Trinajstić information content (AvgIpc) is 3.30. The third-order valence-electron chi connectivity index (χ3n) is 4.21. The first kappa shape index (κ1) is 15.5. The van der Waals surface area contributed by atoms with Crippen molar-refractivity contribution in [1.29, 1.82) is 0 Å². The summed E-state index contributed by atoms with van der Waals surface area (Å²) in [7, 11) is 0. The average molecular weight is 368 g/mol. The highest BCUT2D eigenvalue weighted by molar-refractivity contribution is 9.10. The molecule has 1 heterocycles. The minimum absolute atomic E-state index is 0.0381. The van der Waals surface area contributed by atoms with Crippen molar-refractivity contribution in [2.75, 3.05) is 13.2 Å². The van der Waals surface area contributed by atoms with E-state index >= 15 is 0 Å². The van der Waals surface area contributed by atoms with Crippen molar-refractivity contribution in [3.8, 4) is 0 Å². The Balaban J connectivity index is 1.73. The summed E-state index contributed by atoms with van der Waals surface area (Å²) in [6, 6.07) is 4.90. The van der Waals surface area contributed by atoms with Crippen LogP contribution in [0.25, 0.3) is 0 Å². The molecule has 0 saturated heterocycles. The lowest BCUT2D eigenvalue weighted by Gasteiger charge is -2.34. The molecule has 1 aliphatic carbocycles. The zero-order chi connectivity index (χ0) is 15.7. The molecule has 1 atom stereocenters. The standard InChI is InChI=1S/C16H18BrNO4/c17-13-3-1-2-11-7-18(14(16(20)21)6-12(11)13)15(19)9-22-8-10-4-5-10/h1-3,10,14H,4-9H2,(H,20,21). The Bertz CT molecular complexity index is 600. The molecule has 1 aromatic rings. The molecule has 1 aliphatic heterocycles. The first-order chi connectivity index (χ1) is 10.6. The van der Waals surface area contributed by atoms with E-state index in [1.807, 2.05) is 18.2 Å². The van der Waals surface area contributed by atoms with Crippen LogP contribution in [-0.4, -0.2) is 41.1 Å². The second-order valence-corrected chi connectivity index (χ2v) is 6.77. The maximum atomic E-state index is 12.3. The molecule has 22 heavy (non-hydrogen) atoms. The fourth-order valence-electron chi connectivity index (χ4n) is 2.74. The first-order valence-corrected chi connectivity index (χ1v) is 8.22. The first-order valence-electron chi connectivity index (χ1n) is 7.42. The Kier molecular flexibility index (Phi) is 4.49. The largest absolute Gasteiger partial charge is 0.480 e. The minimum Gasteiger partial charge on any atom is -0.480 e. The van der Waals surface area contributed by atoms with Gasteiger partial charge >= 0.3 is 5.97 Å². The van der Waals surface area contributed by atoms with E-state index in [1.165, 1.54) is 4.90 Å². The molecule has 1 amide bonds. The van der Waals surface area contributed by atoms with Crippen molar-refractivity contribution in [2.45, 2.75) is 31.8 Å². The van der Waals surface area contributed by atoms with Gasteiger partial charge < -0.3 is 14.7 Å². The van der Waals surface area contributed by atoms with E-state index in [9.17, 15) is 14.7 Å². The van der Waals surface area contributed by atoms with Crippen LogP contribution in [0.15, 0.2) is 22.7 Å². The molecule has 1 fully saturated rings. The quantitative estimate of drug-likeness (QED) is 0.866. The molecule has 0 radical (unpaired) electrons. The second-order valence-electron chi connectivity index (χ2n) is 5.92. The zero-order valence-electron chi connectivity index (χ0n) is 12.1. The van der Waals surface area contributed by atoms with Crippen molar-refractivity contribution < 1.29 is 19.4 Å². The summed E-state index contributed by atoms with van der Waals surface area (Å²) in [5, 5.41) is 9.45. The Labute approximate surface area is 137 Å². The van der Waals surface area contributed by atoms with Crippen LogP contribution in [0.3, 0.4) is 0 Å². The number of ether oxygens (including phenoxy) is 1. The van der Waals surface area contributed by atoms with Gasteiger partial charge in [-0.2, -0.15) is 0 Å². The van der Waals surface area contributed by atoms with Crippen LogP contribution in [0.4, 0.5) is 0 Å². The summed E-state index contributed by atoms with van der Waals surface area (Å²) >= 11 is 3.46. The number of carbonyl (C=O) groups is 2. The number of carboxylic acid groups (broad SMARTS) is 1. The van der Waals surface area contributed by atoms with E-state index in [1.54, 1.807) is 0 Å². The van der Waals surface area contributed by atoms with Crippen LogP contribution in [0, 0.1) is 5.92 Å². The van der Waals surface area contributed by atoms with Gasteiger partial charge in [-0.1, -0.05) is 28.1 Å². The fourth-order valence-corrected chi connectivity index (χ4v) is 3.31. The highest BCUT2D eigenvalue weighted by Crippen LogP contribution is 2.30. The van der Waals surface area contributed by atoms with Gasteiger partial charge in [-0.05, 0) is 36.0 Å². The van der Waals surface area contributed by atoms with Crippen LogP contribution in [0.2, 0.25) is 0 Å². The van der Waals surface area contributed by atoms with Gasteiger partial charge in [0.25, 0.3) is 0 Å². The highest BCUT2D eigenvalue weighted by atomic mass is 79.9. The van der Waals surface area contributed by atoms with Crippen molar-refractivity contribution in [3.05, 3.63) is 33.8 Å². The molecule has 1 aromatic carbocycles. The van der Waals surface area contributed by atoms with Crippen LogP contribution >= 0.6 is 15.9 Å².